The van der Waals surface area contributed by atoms with Crippen molar-refractivity contribution in [1.82, 2.24) is 19.9 Å². The normalized spacial score (nSPS) is 13.1. The fourth-order valence-electron chi connectivity index (χ4n) is 18.6. The van der Waals surface area contributed by atoms with E-state index in [0.29, 0.717) is 11.6 Å². The minimum atomic E-state index is -0.121. The molecule has 0 bridgehead atoms. The zero-order chi connectivity index (χ0) is 78.5. The van der Waals surface area contributed by atoms with Gasteiger partial charge in [-0.05, 0) is 198 Å². The van der Waals surface area contributed by atoms with Crippen molar-refractivity contribution in [2.24, 2.45) is 0 Å². The van der Waals surface area contributed by atoms with E-state index < -0.39 is 0 Å². The lowest BCUT2D eigenvalue weighted by atomic mass is 9.82. The van der Waals surface area contributed by atoms with Gasteiger partial charge in [0, 0.05) is 125 Å². The van der Waals surface area contributed by atoms with Gasteiger partial charge in [0.2, 0.25) is 0 Å². The van der Waals surface area contributed by atoms with Crippen molar-refractivity contribution in [2.75, 3.05) is 0 Å². The molecule has 0 spiro atoms. The molecule has 0 atom stereocenters. The van der Waals surface area contributed by atoms with Crippen LogP contribution in [0.15, 0.2) is 364 Å². The number of rotatable bonds is 10. The van der Waals surface area contributed by atoms with E-state index in [9.17, 15) is 0 Å². The summed E-state index contributed by atoms with van der Waals surface area (Å²) in [4.78, 5) is 21.7. The monoisotopic (exact) mass is 1580 g/mol. The van der Waals surface area contributed by atoms with Crippen LogP contribution in [0.5, 0.6) is 0 Å². The number of fused-ring (bicyclic) bond motifs is 18. The molecule has 0 saturated carbocycles. The summed E-state index contributed by atoms with van der Waals surface area (Å²) in [6, 6.07) is 133. The molecule has 0 radical (unpaired) electrons. The molecule has 2 aliphatic carbocycles. The Labute approximate surface area is 699 Å². The lowest BCUT2D eigenvalue weighted by molar-refractivity contribution is 0.660. The quantitative estimate of drug-likeness (QED) is 0.137. The summed E-state index contributed by atoms with van der Waals surface area (Å²) in [5.41, 5.74) is 29.6. The van der Waals surface area contributed by atoms with Crippen molar-refractivity contribution in [3.63, 3.8) is 0 Å². The van der Waals surface area contributed by atoms with Crippen LogP contribution >= 0.6 is 45.3 Å². The second-order valence-electron chi connectivity index (χ2n) is 32.3. The van der Waals surface area contributed by atoms with E-state index >= 15 is 0 Å². The number of hydrogen-bond donors (Lipinski definition) is 0. The summed E-state index contributed by atoms with van der Waals surface area (Å²) < 4.78 is 10.4. The van der Waals surface area contributed by atoms with Crippen molar-refractivity contribution in [2.45, 2.75) is 38.5 Å². The van der Waals surface area contributed by atoms with Gasteiger partial charge in [0.25, 0.3) is 0 Å². The third-order valence-electron chi connectivity index (χ3n) is 24.6. The van der Waals surface area contributed by atoms with Gasteiger partial charge in [-0.15, -0.1) is 45.3 Å². The fraction of sp³-hybridized carbons (Fsp3) is 0.0545. The highest BCUT2D eigenvalue weighted by Gasteiger charge is 2.37. The Morgan fingerprint density at radius 3 is 0.915 bits per heavy atom. The molecule has 556 valence electrons. The van der Waals surface area contributed by atoms with E-state index in [0.717, 1.165) is 78.4 Å². The van der Waals surface area contributed by atoms with Crippen LogP contribution in [0.3, 0.4) is 0 Å². The smallest absolute Gasteiger partial charge is 0.160 e. The van der Waals surface area contributed by atoms with E-state index in [2.05, 4.69) is 392 Å². The van der Waals surface area contributed by atoms with E-state index in [1.54, 1.807) is 0 Å². The Morgan fingerprint density at radius 2 is 0.483 bits per heavy atom. The SMILES string of the molecule is CC1(C)c2ccccc2-c2ccc(-c3cc(-c4ccccc4)nc(-c4cc(-c5ccc6sc7ccccc7c6c5)cc(-c5ccc6sc7ccccc7c6c5)c4)n3)cc21.CC1(C)c2ccccc2-c2ccc(-c3cc(-c4ccccc4)nc(-c4cc(-c5cccc6c5sc5ccccc56)cc(-c5cccc6c5sc5ccccc56)c4)n3)cc21. The average molecular weight is 1580 g/mol. The van der Waals surface area contributed by atoms with Crippen molar-refractivity contribution in [3.8, 4) is 135 Å². The van der Waals surface area contributed by atoms with Crippen LogP contribution in [0.25, 0.3) is 215 Å². The molecule has 118 heavy (non-hydrogen) atoms. The van der Waals surface area contributed by atoms with Crippen LogP contribution in [0.4, 0.5) is 0 Å². The van der Waals surface area contributed by atoms with Crippen molar-refractivity contribution < 1.29 is 0 Å². The summed E-state index contributed by atoms with van der Waals surface area (Å²) in [7, 11) is 0. The molecule has 0 amide bonds. The molecule has 0 unspecified atom stereocenters. The topological polar surface area (TPSA) is 51.6 Å². The third kappa shape index (κ3) is 11.7. The van der Waals surface area contributed by atoms with Crippen LogP contribution in [-0.4, -0.2) is 19.9 Å². The molecule has 22 aromatic rings. The van der Waals surface area contributed by atoms with E-state index in [1.165, 1.54) is 147 Å². The number of thiophene rings is 4. The molecule has 4 nitrogen and oxygen atoms in total. The molecule has 6 aromatic heterocycles. The molecular formula is C110H72N4S4. The first-order chi connectivity index (χ1) is 57.9. The summed E-state index contributed by atoms with van der Waals surface area (Å²) in [6.45, 7) is 9.34. The Kier molecular flexibility index (Phi) is 16.4. The Balaban J connectivity index is 0.000000138. The Morgan fingerprint density at radius 1 is 0.178 bits per heavy atom. The molecule has 0 aliphatic heterocycles. The summed E-state index contributed by atoms with van der Waals surface area (Å²) in [5.74, 6) is 1.41. The summed E-state index contributed by atoms with van der Waals surface area (Å²) in [5, 5.41) is 10.3. The van der Waals surface area contributed by atoms with E-state index in [1.807, 2.05) is 45.3 Å². The van der Waals surface area contributed by atoms with Crippen molar-refractivity contribution >= 4 is 126 Å². The standard InChI is InChI=1S/2C55H36N2S2/c1-55(2)46-23-9-6-16-40(46)41-27-26-34(31-47(41)55)49-32-48(33-14-4-3-5-15-33)56-54(57-49)37-29-35(38-19-12-21-44-42-17-7-10-24-50(42)58-52(38)44)28-36(30-37)39-20-13-22-45-43-18-8-11-25-51(43)59-53(39)45;1-55(2)46-17-9-6-14-40(46)41-23-20-36(31-47(41)55)49-32-48(33-12-4-3-5-13-33)56-54(57-49)39-27-37(34-21-24-52-44(29-34)42-15-7-10-18-50(42)58-52)26-38(28-39)35-22-25-53-45(30-35)43-16-8-11-19-51(43)59-53/h2*3-32H,1-2H3. The number of benzene rings is 16. The van der Waals surface area contributed by atoms with Crippen molar-refractivity contribution in [3.05, 3.63) is 386 Å². The number of aromatic nitrogens is 4. The highest BCUT2D eigenvalue weighted by Crippen LogP contribution is 2.53. The predicted molar refractivity (Wildman–Crippen MR) is 505 cm³/mol. The average Bonchev–Trinajstić information content (AvgIpc) is 1.57. The van der Waals surface area contributed by atoms with Gasteiger partial charge in [0.1, 0.15) is 0 Å². The van der Waals surface area contributed by atoms with Gasteiger partial charge in [0.15, 0.2) is 11.6 Å². The molecule has 0 N–H and O–H groups in total. The molecule has 0 fully saturated rings. The second kappa shape index (κ2) is 27.6. The Bertz CT molecular complexity index is 7630. The molecule has 24 rings (SSSR count). The minimum Gasteiger partial charge on any atom is -0.228 e. The van der Waals surface area contributed by atoms with Gasteiger partial charge in [-0.25, -0.2) is 19.9 Å². The van der Waals surface area contributed by atoms with Gasteiger partial charge in [-0.2, -0.15) is 0 Å². The van der Waals surface area contributed by atoms with Gasteiger partial charge < -0.3 is 0 Å². The maximum absolute atomic E-state index is 5.48. The van der Waals surface area contributed by atoms with E-state index in [4.69, 9.17) is 19.9 Å². The maximum Gasteiger partial charge on any atom is 0.160 e. The molecule has 6 heterocycles. The van der Waals surface area contributed by atoms with Gasteiger partial charge >= 0.3 is 0 Å². The van der Waals surface area contributed by atoms with Crippen LogP contribution in [-0.2, 0) is 10.8 Å². The van der Waals surface area contributed by atoms with Gasteiger partial charge in [-0.1, -0.05) is 282 Å². The maximum atomic E-state index is 5.48. The predicted octanol–water partition coefficient (Wildman–Crippen LogP) is 31.7. The van der Waals surface area contributed by atoms with Crippen LogP contribution < -0.4 is 0 Å². The van der Waals surface area contributed by atoms with Gasteiger partial charge in [0.05, 0.1) is 22.8 Å². The van der Waals surface area contributed by atoms with Crippen LogP contribution in [0.1, 0.15) is 49.9 Å². The highest BCUT2D eigenvalue weighted by molar-refractivity contribution is 7.27. The summed E-state index contributed by atoms with van der Waals surface area (Å²) in [6.07, 6.45) is 0. The zero-order valence-electron chi connectivity index (χ0n) is 65.1. The zero-order valence-corrected chi connectivity index (χ0v) is 68.3. The molecule has 0 saturated heterocycles. The lowest BCUT2D eigenvalue weighted by Crippen LogP contribution is -2.14. The van der Waals surface area contributed by atoms with Gasteiger partial charge in [-0.3, -0.25) is 0 Å². The lowest BCUT2D eigenvalue weighted by Gasteiger charge is -2.22. The largest absolute Gasteiger partial charge is 0.228 e. The molecule has 8 heteroatoms. The second-order valence-corrected chi connectivity index (χ2v) is 36.6. The molecule has 2 aliphatic rings. The molecule has 16 aromatic carbocycles. The number of nitrogens with zero attached hydrogens (tertiary/aromatic N) is 4. The highest BCUT2D eigenvalue weighted by atomic mass is 32.1. The number of hydrogen-bond acceptors (Lipinski definition) is 8. The summed E-state index contributed by atoms with van der Waals surface area (Å²) >= 11 is 7.44. The minimum absolute atomic E-state index is 0.118. The Hall–Kier alpha value is -13.4. The van der Waals surface area contributed by atoms with Crippen LogP contribution in [0, 0.1) is 0 Å². The fourth-order valence-corrected chi connectivity index (χ4v) is 23.3. The van der Waals surface area contributed by atoms with Crippen LogP contribution in [0.2, 0.25) is 0 Å². The van der Waals surface area contributed by atoms with Crippen molar-refractivity contribution in [1.29, 1.82) is 0 Å². The first-order valence-electron chi connectivity index (χ1n) is 40.3. The molecular weight excluding hydrogens is 1510 g/mol. The first kappa shape index (κ1) is 70.0. The third-order valence-corrected chi connectivity index (χ3v) is 29.3. The van der Waals surface area contributed by atoms with E-state index in [-0.39, 0.29) is 10.8 Å². The first-order valence-corrected chi connectivity index (χ1v) is 43.5.